The van der Waals surface area contributed by atoms with E-state index in [1.165, 1.54) is 76.5 Å². The zero-order valence-electron chi connectivity index (χ0n) is 40.9. The van der Waals surface area contributed by atoms with Crippen LogP contribution >= 0.6 is 0 Å². The highest BCUT2D eigenvalue weighted by atomic mass is 16.3. The molecule has 0 aliphatic carbocycles. The average molecular weight is 955 g/mol. The number of hydrogen-bond acceptors (Lipinski definition) is 2. The van der Waals surface area contributed by atoms with Gasteiger partial charge in [-0.1, -0.05) is 200 Å². The van der Waals surface area contributed by atoms with Gasteiger partial charge in [0.05, 0.1) is 16.7 Å². The Balaban J connectivity index is 0.838. The van der Waals surface area contributed by atoms with Crippen molar-refractivity contribution < 1.29 is 4.42 Å². The molecule has 0 radical (unpaired) electrons. The summed E-state index contributed by atoms with van der Waals surface area (Å²) in [5, 5.41) is 12.3. The fourth-order valence-electron chi connectivity index (χ4n) is 11.8. The molecule has 0 saturated carbocycles. The van der Waals surface area contributed by atoms with Crippen molar-refractivity contribution in [3.05, 3.63) is 279 Å². The first-order chi connectivity index (χ1) is 37.2. The molecule has 0 bridgehead atoms. The fraction of sp³-hybridized carbons (Fsp3) is 0. The van der Waals surface area contributed by atoms with Gasteiger partial charge in [-0.25, -0.2) is 0 Å². The number of rotatable bonds is 8. The van der Waals surface area contributed by atoms with Gasteiger partial charge in [-0.3, -0.25) is 0 Å². The molecule has 2 heterocycles. The SMILES string of the molecule is c1ccc(-c2ccc(-c3ccc4c(c3)c3cc(-c5ccc(N(c6ccccc6)c6cccc7c6oc6ccccc67)cc5)ccc3n4-c3ccc(-c4ccc5c6ccccc6c6ccccc6c5c4)cc3)cc2)cc1. The van der Waals surface area contributed by atoms with Crippen molar-refractivity contribution in [2.75, 3.05) is 4.90 Å². The molecular weight excluding hydrogens is 909 g/mol. The summed E-state index contributed by atoms with van der Waals surface area (Å²) in [6.07, 6.45) is 0. The van der Waals surface area contributed by atoms with Crippen molar-refractivity contribution in [1.29, 1.82) is 0 Å². The van der Waals surface area contributed by atoms with Crippen LogP contribution in [0.3, 0.4) is 0 Å². The molecule has 13 aromatic carbocycles. The standard InChI is InChI=1S/C72H46N2O/c1-3-14-47(15-4-1)48-26-28-49(29-27-48)53-35-42-68-66(45-53)67-46-54(51-30-37-56(38-31-51)73(55-16-5-2-6-17-55)70-24-13-23-64-63-22-11-12-25-71(63)75-72(64)70)36-43-69(67)74(68)57-39-32-50(33-40-57)52-34-41-62-60-20-8-7-18-58(60)59-19-9-10-21-61(59)65(62)44-52/h1-46H. The summed E-state index contributed by atoms with van der Waals surface area (Å²) in [4.78, 5) is 2.30. The second-order valence-corrected chi connectivity index (χ2v) is 19.6. The van der Waals surface area contributed by atoms with Gasteiger partial charge < -0.3 is 13.9 Å². The number of fused-ring (bicyclic) bond motifs is 12. The minimum atomic E-state index is 0.867. The second kappa shape index (κ2) is 17.4. The molecule has 0 spiro atoms. The fourth-order valence-corrected chi connectivity index (χ4v) is 11.8. The van der Waals surface area contributed by atoms with Crippen LogP contribution in [0, 0.1) is 0 Å². The van der Waals surface area contributed by atoms with Crippen molar-refractivity contribution >= 4 is 93.1 Å². The van der Waals surface area contributed by atoms with Crippen LogP contribution < -0.4 is 4.90 Å². The van der Waals surface area contributed by atoms with Gasteiger partial charge in [0.15, 0.2) is 5.58 Å². The van der Waals surface area contributed by atoms with E-state index in [1.807, 2.05) is 12.1 Å². The van der Waals surface area contributed by atoms with Crippen LogP contribution in [0.4, 0.5) is 17.1 Å². The molecule has 0 aliphatic rings. The second-order valence-electron chi connectivity index (χ2n) is 19.6. The first kappa shape index (κ1) is 42.7. The molecule has 2 aromatic heterocycles. The Kier molecular flexibility index (Phi) is 9.89. The van der Waals surface area contributed by atoms with Gasteiger partial charge in [0, 0.05) is 38.6 Å². The van der Waals surface area contributed by atoms with Crippen LogP contribution in [-0.2, 0) is 0 Å². The lowest BCUT2D eigenvalue weighted by molar-refractivity contribution is 0.669. The van der Waals surface area contributed by atoms with E-state index in [1.54, 1.807) is 0 Å². The zero-order chi connectivity index (χ0) is 49.4. The lowest BCUT2D eigenvalue weighted by Crippen LogP contribution is -2.10. The normalized spacial score (nSPS) is 11.7. The third-order valence-electron chi connectivity index (χ3n) is 15.4. The molecule has 0 aliphatic heterocycles. The van der Waals surface area contributed by atoms with Crippen LogP contribution in [0.25, 0.3) is 126 Å². The summed E-state index contributed by atoms with van der Waals surface area (Å²) in [5.74, 6) is 0. The first-order valence-corrected chi connectivity index (χ1v) is 25.7. The van der Waals surface area contributed by atoms with Gasteiger partial charge in [0.25, 0.3) is 0 Å². The van der Waals surface area contributed by atoms with Crippen LogP contribution in [0.1, 0.15) is 0 Å². The van der Waals surface area contributed by atoms with E-state index in [-0.39, 0.29) is 0 Å². The minimum absolute atomic E-state index is 0.867. The van der Waals surface area contributed by atoms with E-state index in [2.05, 4.69) is 276 Å². The Labute approximate surface area is 434 Å². The number of benzene rings is 13. The summed E-state index contributed by atoms with van der Waals surface area (Å²) in [5.41, 5.74) is 17.8. The highest BCUT2D eigenvalue weighted by Crippen LogP contribution is 2.44. The van der Waals surface area contributed by atoms with Crippen molar-refractivity contribution in [3.8, 4) is 50.2 Å². The summed E-state index contributed by atoms with van der Waals surface area (Å²) < 4.78 is 9.02. The van der Waals surface area contributed by atoms with Gasteiger partial charge in [-0.2, -0.15) is 0 Å². The maximum absolute atomic E-state index is 6.59. The molecule has 0 saturated heterocycles. The predicted octanol–water partition coefficient (Wildman–Crippen LogP) is 20.3. The number of furan rings is 1. The van der Waals surface area contributed by atoms with Crippen molar-refractivity contribution in [1.82, 2.24) is 4.57 Å². The molecular formula is C72H46N2O. The summed E-state index contributed by atoms with van der Waals surface area (Å²) in [6, 6.07) is 101. The van der Waals surface area contributed by atoms with E-state index in [9.17, 15) is 0 Å². The van der Waals surface area contributed by atoms with Crippen molar-refractivity contribution in [2.24, 2.45) is 0 Å². The number of anilines is 3. The summed E-state index contributed by atoms with van der Waals surface area (Å²) in [7, 11) is 0. The maximum atomic E-state index is 6.59. The molecule has 3 nitrogen and oxygen atoms in total. The molecule has 0 N–H and O–H groups in total. The quantitative estimate of drug-likeness (QED) is 0.142. The van der Waals surface area contributed by atoms with E-state index in [0.29, 0.717) is 0 Å². The van der Waals surface area contributed by atoms with Crippen LogP contribution in [-0.4, -0.2) is 4.57 Å². The van der Waals surface area contributed by atoms with E-state index in [4.69, 9.17) is 4.42 Å². The van der Waals surface area contributed by atoms with E-state index < -0.39 is 0 Å². The highest BCUT2D eigenvalue weighted by molar-refractivity contribution is 6.26. The lowest BCUT2D eigenvalue weighted by atomic mass is 9.92. The number of aromatic nitrogens is 1. The molecule has 0 unspecified atom stereocenters. The summed E-state index contributed by atoms with van der Waals surface area (Å²) in [6.45, 7) is 0. The third kappa shape index (κ3) is 7.12. The topological polar surface area (TPSA) is 21.3 Å². The van der Waals surface area contributed by atoms with Crippen molar-refractivity contribution in [3.63, 3.8) is 0 Å². The van der Waals surface area contributed by atoms with Gasteiger partial charge in [0.2, 0.25) is 0 Å². The zero-order valence-corrected chi connectivity index (χ0v) is 40.9. The van der Waals surface area contributed by atoms with E-state index in [0.717, 1.165) is 66.8 Å². The molecule has 3 heteroatoms. The lowest BCUT2D eigenvalue weighted by Gasteiger charge is -2.25. The Hall–Kier alpha value is -9.96. The van der Waals surface area contributed by atoms with Gasteiger partial charge in [0.1, 0.15) is 5.58 Å². The minimum Gasteiger partial charge on any atom is -0.454 e. The Morgan fingerprint density at radius 1 is 0.253 bits per heavy atom. The molecule has 0 amide bonds. The predicted molar refractivity (Wildman–Crippen MR) is 317 cm³/mol. The van der Waals surface area contributed by atoms with Gasteiger partial charge in [-0.15, -0.1) is 0 Å². The van der Waals surface area contributed by atoms with Crippen molar-refractivity contribution in [2.45, 2.75) is 0 Å². The first-order valence-electron chi connectivity index (χ1n) is 25.7. The van der Waals surface area contributed by atoms with Gasteiger partial charge >= 0.3 is 0 Å². The maximum Gasteiger partial charge on any atom is 0.159 e. The number of hydrogen-bond donors (Lipinski definition) is 0. The van der Waals surface area contributed by atoms with Crippen LogP contribution in [0.2, 0.25) is 0 Å². The molecule has 350 valence electrons. The van der Waals surface area contributed by atoms with E-state index >= 15 is 0 Å². The molecule has 0 fully saturated rings. The monoisotopic (exact) mass is 954 g/mol. The number of para-hydroxylation sites is 3. The molecule has 0 atom stereocenters. The average Bonchev–Trinajstić information content (AvgIpc) is 4.04. The summed E-state index contributed by atoms with van der Waals surface area (Å²) >= 11 is 0. The molecule has 15 rings (SSSR count). The Morgan fingerprint density at radius 3 is 1.25 bits per heavy atom. The smallest absolute Gasteiger partial charge is 0.159 e. The van der Waals surface area contributed by atoms with Crippen LogP contribution in [0.15, 0.2) is 283 Å². The molecule has 75 heavy (non-hydrogen) atoms. The largest absolute Gasteiger partial charge is 0.454 e. The Bertz CT molecular complexity index is 4630. The third-order valence-corrected chi connectivity index (χ3v) is 15.4. The molecule has 15 aromatic rings. The Morgan fingerprint density at radius 2 is 0.653 bits per heavy atom. The van der Waals surface area contributed by atoms with Gasteiger partial charge in [-0.05, 0) is 156 Å². The van der Waals surface area contributed by atoms with Crippen LogP contribution in [0.5, 0.6) is 0 Å². The number of nitrogens with zero attached hydrogens (tertiary/aromatic N) is 2. The highest BCUT2D eigenvalue weighted by Gasteiger charge is 2.21.